The number of carboxylic acids is 1. The van der Waals surface area contributed by atoms with Crippen molar-refractivity contribution in [2.45, 2.75) is 26.8 Å². The third-order valence-corrected chi connectivity index (χ3v) is 2.49. The summed E-state index contributed by atoms with van der Waals surface area (Å²) in [5.41, 5.74) is 2.59. The Morgan fingerprint density at radius 3 is 2.38 bits per heavy atom. The molecule has 0 saturated heterocycles. The Labute approximate surface area is 94.3 Å². The van der Waals surface area contributed by atoms with Crippen LogP contribution in [0.25, 0.3) is 0 Å². The molecule has 1 atom stereocenters. The highest BCUT2D eigenvalue weighted by Crippen LogP contribution is 2.09. The highest BCUT2D eigenvalue weighted by molar-refractivity contribution is 5.96. The monoisotopic (exact) mass is 221 g/mol. The number of aryl methyl sites for hydroxylation is 2. The standard InChI is InChI=1S/C12H15NO3/c1-7-4-5-10(6-8(7)2)11(14)13-9(3)12(15)16/h4-6,9H,1-3H3,(H,13,14)(H,15,16)/t9-/m0/s1. The van der Waals surface area contributed by atoms with Crippen molar-refractivity contribution in [3.05, 3.63) is 34.9 Å². The molecule has 0 spiro atoms. The van der Waals surface area contributed by atoms with Crippen LogP contribution < -0.4 is 5.32 Å². The summed E-state index contributed by atoms with van der Waals surface area (Å²) < 4.78 is 0. The van der Waals surface area contributed by atoms with Crippen LogP contribution in [0.2, 0.25) is 0 Å². The van der Waals surface area contributed by atoms with Crippen LogP contribution in [0, 0.1) is 13.8 Å². The van der Waals surface area contributed by atoms with Crippen LogP contribution in [0.15, 0.2) is 18.2 Å². The minimum atomic E-state index is -1.04. The van der Waals surface area contributed by atoms with E-state index in [0.717, 1.165) is 11.1 Å². The van der Waals surface area contributed by atoms with E-state index in [0.29, 0.717) is 5.56 Å². The number of carbonyl (C=O) groups is 2. The lowest BCUT2D eigenvalue weighted by Crippen LogP contribution is -2.38. The fourth-order valence-electron chi connectivity index (χ4n) is 1.22. The Morgan fingerprint density at radius 1 is 1.25 bits per heavy atom. The molecule has 0 bridgehead atoms. The van der Waals surface area contributed by atoms with Crippen LogP contribution >= 0.6 is 0 Å². The highest BCUT2D eigenvalue weighted by Gasteiger charge is 2.15. The summed E-state index contributed by atoms with van der Waals surface area (Å²) >= 11 is 0. The van der Waals surface area contributed by atoms with E-state index in [4.69, 9.17) is 5.11 Å². The van der Waals surface area contributed by atoms with E-state index in [1.807, 2.05) is 19.9 Å². The van der Waals surface area contributed by atoms with Gasteiger partial charge in [0.2, 0.25) is 0 Å². The van der Waals surface area contributed by atoms with Crippen molar-refractivity contribution < 1.29 is 14.7 Å². The lowest BCUT2D eigenvalue weighted by Gasteiger charge is -2.10. The maximum Gasteiger partial charge on any atom is 0.325 e. The Morgan fingerprint density at radius 2 is 1.88 bits per heavy atom. The van der Waals surface area contributed by atoms with Crippen LogP contribution in [-0.4, -0.2) is 23.0 Å². The van der Waals surface area contributed by atoms with E-state index in [1.165, 1.54) is 6.92 Å². The molecule has 1 aromatic rings. The van der Waals surface area contributed by atoms with Crippen molar-refractivity contribution in [2.75, 3.05) is 0 Å². The summed E-state index contributed by atoms with van der Waals surface area (Å²) in [4.78, 5) is 22.2. The number of hydrogen-bond donors (Lipinski definition) is 2. The molecule has 0 aliphatic rings. The topological polar surface area (TPSA) is 66.4 Å². The number of aliphatic carboxylic acids is 1. The first-order valence-corrected chi connectivity index (χ1v) is 5.02. The Bertz CT molecular complexity index is 426. The molecule has 0 aliphatic carbocycles. The van der Waals surface area contributed by atoms with Gasteiger partial charge in [-0.25, -0.2) is 0 Å². The van der Waals surface area contributed by atoms with Gasteiger partial charge in [0.1, 0.15) is 6.04 Å². The van der Waals surface area contributed by atoms with E-state index < -0.39 is 12.0 Å². The predicted molar refractivity (Wildman–Crippen MR) is 60.5 cm³/mol. The fourth-order valence-corrected chi connectivity index (χ4v) is 1.22. The predicted octanol–water partition coefficient (Wildman–Crippen LogP) is 1.51. The van der Waals surface area contributed by atoms with Gasteiger partial charge in [-0.15, -0.1) is 0 Å². The van der Waals surface area contributed by atoms with Gasteiger partial charge in [-0.05, 0) is 44.0 Å². The van der Waals surface area contributed by atoms with Gasteiger partial charge in [-0.2, -0.15) is 0 Å². The Kier molecular flexibility index (Phi) is 3.66. The Balaban J connectivity index is 2.81. The third-order valence-electron chi connectivity index (χ3n) is 2.49. The van der Waals surface area contributed by atoms with Gasteiger partial charge < -0.3 is 10.4 Å². The lowest BCUT2D eigenvalue weighted by molar-refractivity contribution is -0.138. The molecule has 4 nitrogen and oxygen atoms in total. The first-order chi connectivity index (χ1) is 7.41. The van der Waals surface area contributed by atoms with Crippen LogP contribution in [0.4, 0.5) is 0 Å². The second-order valence-electron chi connectivity index (χ2n) is 3.83. The zero-order chi connectivity index (χ0) is 12.3. The van der Waals surface area contributed by atoms with Gasteiger partial charge in [0, 0.05) is 5.56 Å². The summed E-state index contributed by atoms with van der Waals surface area (Å²) in [5, 5.41) is 11.1. The van der Waals surface area contributed by atoms with E-state index in [-0.39, 0.29) is 5.91 Å². The molecule has 86 valence electrons. The molecule has 0 unspecified atom stereocenters. The molecular weight excluding hydrogens is 206 g/mol. The van der Waals surface area contributed by atoms with Crippen LogP contribution in [0.5, 0.6) is 0 Å². The number of hydrogen-bond acceptors (Lipinski definition) is 2. The summed E-state index contributed by atoms with van der Waals surface area (Å²) in [5.74, 6) is -1.41. The lowest BCUT2D eigenvalue weighted by atomic mass is 10.1. The van der Waals surface area contributed by atoms with Gasteiger partial charge in [0.15, 0.2) is 0 Å². The van der Waals surface area contributed by atoms with Gasteiger partial charge in [-0.1, -0.05) is 6.07 Å². The van der Waals surface area contributed by atoms with Crippen molar-refractivity contribution in [1.82, 2.24) is 5.32 Å². The van der Waals surface area contributed by atoms with E-state index in [1.54, 1.807) is 12.1 Å². The second-order valence-corrected chi connectivity index (χ2v) is 3.83. The smallest absolute Gasteiger partial charge is 0.325 e. The van der Waals surface area contributed by atoms with E-state index in [9.17, 15) is 9.59 Å². The molecule has 1 aromatic carbocycles. The molecule has 16 heavy (non-hydrogen) atoms. The van der Waals surface area contributed by atoms with Gasteiger partial charge in [0.05, 0.1) is 0 Å². The average molecular weight is 221 g/mol. The minimum absolute atomic E-state index is 0.363. The molecular formula is C12H15NO3. The molecule has 0 radical (unpaired) electrons. The second kappa shape index (κ2) is 4.79. The summed E-state index contributed by atoms with van der Waals surface area (Å²) in [6.07, 6.45) is 0. The fraction of sp³-hybridized carbons (Fsp3) is 0.333. The molecule has 0 heterocycles. The number of rotatable bonds is 3. The molecule has 0 fully saturated rings. The molecule has 4 heteroatoms. The molecule has 2 N–H and O–H groups in total. The van der Waals surface area contributed by atoms with Crippen molar-refractivity contribution in [3.8, 4) is 0 Å². The van der Waals surface area contributed by atoms with E-state index >= 15 is 0 Å². The zero-order valence-electron chi connectivity index (χ0n) is 9.57. The normalized spacial score (nSPS) is 11.9. The van der Waals surface area contributed by atoms with E-state index in [2.05, 4.69) is 5.32 Å². The molecule has 0 aliphatic heterocycles. The minimum Gasteiger partial charge on any atom is -0.480 e. The summed E-state index contributed by atoms with van der Waals surface area (Å²) in [7, 11) is 0. The number of benzene rings is 1. The first-order valence-electron chi connectivity index (χ1n) is 5.02. The largest absolute Gasteiger partial charge is 0.480 e. The third kappa shape index (κ3) is 2.82. The van der Waals surface area contributed by atoms with Crippen LogP contribution in [0.3, 0.4) is 0 Å². The number of carbonyl (C=O) groups excluding carboxylic acids is 1. The maximum atomic E-state index is 11.6. The first kappa shape index (κ1) is 12.2. The van der Waals surface area contributed by atoms with Crippen LogP contribution in [0.1, 0.15) is 28.4 Å². The molecule has 1 amide bonds. The van der Waals surface area contributed by atoms with Crippen molar-refractivity contribution in [1.29, 1.82) is 0 Å². The van der Waals surface area contributed by atoms with Crippen molar-refractivity contribution >= 4 is 11.9 Å². The molecule has 0 aromatic heterocycles. The number of amides is 1. The quantitative estimate of drug-likeness (QED) is 0.813. The van der Waals surface area contributed by atoms with Gasteiger partial charge in [-0.3, -0.25) is 9.59 Å². The van der Waals surface area contributed by atoms with Crippen LogP contribution in [-0.2, 0) is 4.79 Å². The number of carboxylic acid groups (broad SMARTS) is 1. The van der Waals surface area contributed by atoms with Crippen molar-refractivity contribution in [3.63, 3.8) is 0 Å². The maximum absolute atomic E-state index is 11.6. The van der Waals surface area contributed by atoms with Crippen molar-refractivity contribution in [2.24, 2.45) is 0 Å². The average Bonchev–Trinajstić information content (AvgIpc) is 2.21. The molecule has 0 saturated carbocycles. The summed E-state index contributed by atoms with van der Waals surface area (Å²) in [6.45, 7) is 5.30. The summed E-state index contributed by atoms with van der Waals surface area (Å²) in [6, 6.07) is 4.40. The number of nitrogens with one attached hydrogen (secondary N) is 1. The zero-order valence-corrected chi connectivity index (χ0v) is 9.57. The highest BCUT2D eigenvalue weighted by atomic mass is 16.4. The molecule has 1 rings (SSSR count). The Hall–Kier alpha value is -1.84. The van der Waals surface area contributed by atoms with Gasteiger partial charge in [0.25, 0.3) is 5.91 Å². The SMILES string of the molecule is Cc1ccc(C(=O)N[C@@H](C)C(=O)O)cc1C. The van der Waals surface area contributed by atoms with Gasteiger partial charge >= 0.3 is 5.97 Å².